The van der Waals surface area contributed by atoms with Gasteiger partial charge < -0.3 is 5.73 Å². The maximum Gasteiger partial charge on any atom is 0.433 e. The zero-order valence-electron chi connectivity index (χ0n) is 10.6. The van der Waals surface area contributed by atoms with E-state index >= 15 is 0 Å². The Morgan fingerprint density at radius 2 is 2.10 bits per heavy atom. The Morgan fingerprint density at radius 1 is 1.35 bits per heavy atom. The molecule has 2 heterocycles. The molecule has 2 rings (SSSR count). The minimum absolute atomic E-state index is 0.0569. The van der Waals surface area contributed by atoms with E-state index in [1.54, 1.807) is 13.1 Å². The highest BCUT2D eigenvalue weighted by molar-refractivity contribution is 7.99. The standard InChI is InChI=1S/C11H12F3N5S/c1-19-8(2-4-16-19)7-6-9(11(12,13)14)18-10(17-7)20-5-3-15/h2,4,6H,3,5,15H2,1H3. The van der Waals surface area contributed by atoms with Gasteiger partial charge in [-0.05, 0) is 12.1 Å². The Labute approximate surface area is 117 Å². The van der Waals surface area contributed by atoms with Crippen LogP contribution in [0, 0.1) is 0 Å². The van der Waals surface area contributed by atoms with Gasteiger partial charge in [-0.15, -0.1) is 0 Å². The molecule has 0 aliphatic carbocycles. The average Bonchev–Trinajstić information content (AvgIpc) is 2.81. The summed E-state index contributed by atoms with van der Waals surface area (Å²) in [5, 5.41) is 3.98. The fourth-order valence-corrected chi connectivity index (χ4v) is 2.17. The fourth-order valence-electron chi connectivity index (χ4n) is 1.54. The molecule has 20 heavy (non-hydrogen) atoms. The lowest BCUT2D eigenvalue weighted by Crippen LogP contribution is -2.11. The monoisotopic (exact) mass is 303 g/mol. The lowest BCUT2D eigenvalue weighted by molar-refractivity contribution is -0.141. The van der Waals surface area contributed by atoms with E-state index in [1.165, 1.54) is 10.9 Å². The highest BCUT2D eigenvalue weighted by Crippen LogP contribution is 2.31. The second-order valence-corrected chi connectivity index (χ2v) is 4.96. The van der Waals surface area contributed by atoms with Gasteiger partial charge in [-0.3, -0.25) is 4.68 Å². The number of aromatic nitrogens is 4. The number of nitrogens with two attached hydrogens (primary N) is 1. The van der Waals surface area contributed by atoms with Crippen LogP contribution in [0.15, 0.2) is 23.5 Å². The summed E-state index contributed by atoms with van der Waals surface area (Å²) >= 11 is 1.09. The van der Waals surface area contributed by atoms with Gasteiger partial charge in [0.15, 0.2) is 5.16 Å². The molecular formula is C11H12F3N5S. The molecule has 0 aliphatic rings. The van der Waals surface area contributed by atoms with E-state index in [0.717, 1.165) is 17.8 Å². The molecule has 0 aliphatic heterocycles. The van der Waals surface area contributed by atoms with Crippen LogP contribution in [-0.2, 0) is 13.2 Å². The molecule has 0 saturated heterocycles. The molecular weight excluding hydrogens is 291 g/mol. The first-order chi connectivity index (χ1) is 9.41. The SMILES string of the molecule is Cn1nccc1-c1cc(C(F)(F)F)nc(SCCN)n1. The number of alkyl halides is 3. The van der Waals surface area contributed by atoms with E-state index in [9.17, 15) is 13.2 Å². The molecule has 0 amide bonds. The van der Waals surface area contributed by atoms with Crippen LogP contribution in [0.4, 0.5) is 13.2 Å². The fraction of sp³-hybridized carbons (Fsp3) is 0.364. The molecule has 0 atom stereocenters. The van der Waals surface area contributed by atoms with Crippen LogP contribution in [0.25, 0.3) is 11.4 Å². The number of nitrogens with zero attached hydrogens (tertiary/aromatic N) is 4. The van der Waals surface area contributed by atoms with E-state index in [2.05, 4.69) is 15.1 Å². The number of thioether (sulfide) groups is 1. The molecule has 0 radical (unpaired) electrons. The van der Waals surface area contributed by atoms with E-state index < -0.39 is 11.9 Å². The molecule has 2 aromatic rings. The summed E-state index contributed by atoms with van der Waals surface area (Å²) in [4.78, 5) is 7.65. The Hall–Kier alpha value is -1.61. The summed E-state index contributed by atoms with van der Waals surface area (Å²) < 4.78 is 40.1. The van der Waals surface area contributed by atoms with Crippen molar-refractivity contribution < 1.29 is 13.2 Å². The van der Waals surface area contributed by atoms with Crippen molar-refractivity contribution >= 4 is 11.8 Å². The lowest BCUT2D eigenvalue weighted by atomic mass is 10.2. The zero-order chi connectivity index (χ0) is 14.8. The average molecular weight is 303 g/mol. The van der Waals surface area contributed by atoms with Crippen LogP contribution in [-0.4, -0.2) is 32.0 Å². The highest BCUT2D eigenvalue weighted by Gasteiger charge is 2.34. The quantitative estimate of drug-likeness (QED) is 0.690. The van der Waals surface area contributed by atoms with Crippen LogP contribution in [0.3, 0.4) is 0 Å². The molecule has 5 nitrogen and oxygen atoms in total. The molecule has 0 unspecified atom stereocenters. The van der Waals surface area contributed by atoms with Gasteiger partial charge in [0.1, 0.15) is 5.69 Å². The topological polar surface area (TPSA) is 69.6 Å². The molecule has 0 spiro atoms. The summed E-state index contributed by atoms with van der Waals surface area (Å²) in [6.07, 6.45) is -3.02. The van der Waals surface area contributed by atoms with Crippen LogP contribution < -0.4 is 5.73 Å². The van der Waals surface area contributed by atoms with Crippen LogP contribution in [0.2, 0.25) is 0 Å². The Bertz CT molecular complexity index is 596. The zero-order valence-corrected chi connectivity index (χ0v) is 11.4. The smallest absolute Gasteiger partial charge is 0.330 e. The predicted octanol–water partition coefficient (Wildman–Crippen LogP) is 1.95. The van der Waals surface area contributed by atoms with Crippen molar-refractivity contribution in [1.82, 2.24) is 19.7 Å². The maximum absolute atomic E-state index is 12.9. The minimum Gasteiger partial charge on any atom is -0.330 e. The molecule has 0 saturated carbocycles. The molecule has 9 heteroatoms. The summed E-state index contributed by atoms with van der Waals surface area (Å²) in [5.41, 5.74) is 5.05. The summed E-state index contributed by atoms with van der Waals surface area (Å²) in [6, 6.07) is 2.52. The maximum atomic E-state index is 12.9. The van der Waals surface area contributed by atoms with Gasteiger partial charge in [-0.1, -0.05) is 11.8 Å². The van der Waals surface area contributed by atoms with E-state index in [0.29, 0.717) is 18.0 Å². The Morgan fingerprint density at radius 3 is 2.65 bits per heavy atom. The van der Waals surface area contributed by atoms with E-state index in [4.69, 9.17) is 5.73 Å². The third-order valence-corrected chi connectivity index (χ3v) is 3.31. The number of hydrogen-bond donors (Lipinski definition) is 1. The second-order valence-electron chi connectivity index (χ2n) is 3.90. The number of rotatable bonds is 4. The molecule has 2 aromatic heterocycles. The van der Waals surface area contributed by atoms with Crippen molar-refractivity contribution in [3.05, 3.63) is 24.0 Å². The van der Waals surface area contributed by atoms with Gasteiger partial charge in [0, 0.05) is 25.5 Å². The summed E-state index contributed by atoms with van der Waals surface area (Å²) in [7, 11) is 1.64. The predicted molar refractivity (Wildman–Crippen MR) is 69.0 cm³/mol. The van der Waals surface area contributed by atoms with Crippen molar-refractivity contribution in [3.8, 4) is 11.4 Å². The first-order valence-electron chi connectivity index (χ1n) is 5.69. The van der Waals surface area contributed by atoms with Gasteiger partial charge in [0.2, 0.25) is 0 Å². The number of aryl methyl sites for hydroxylation is 1. The van der Waals surface area contributed by atoms with Crippen molar-refractivity contribution in [2.75, 3.05) is 12.3 Å². The minimum atomic E-state index is -4.52. The second kappa shape index (κ2) is 5.80. The van der Waals surface area contributed by atoms with Gasteiger partial charge >= 0.3 is 6.18 Å². The summed E-state index contributed by atoms with van der Waals surface area (Å²) in [6.45, 7) is 0.339. The van der Waals surface area contributed by atoms with Gasteiger partial charge in [-0.25, -0.2) is 9.97 Å². The van der Waals surface area contributed by atoms with Gasteiger partial charge in [0.05, 0.1) is 11.4 Å². The van der Waals surface area contributed by atoms with Crippen molar-refractivity contribution in [1.29, 1.82) is 0 Å². The number of hydrogen-bond acceptors (Lipinski definition) is 5. The molecule has 0 aromatic carbocycles. The first kappa shape index (κ1) is 14.8. The van der Waals surface area contributed by atoms with Gasteiger partial charge in [0.25, 0.3) is 0 Å². The Balaban J connectivity index is 2.48. The van der Waals surface area contributed by atoms with Crippen molar-refractivity contribution in [2.45, 2.75) is 11.3 Å². The van der Waals surface area contributed by atoms with E-state index in [1.807, 2.05) is 0 Å². The van der Waals surface area contributed by atoms with Gasteiger partial charge in [-0.2, -0.15) is 18.3 Å². The molecule has 108 valence electrons. The summed E-state index contributed by atoms with van der Waals surface area (Å²) in [5.74, 6) is 0.451. The van der Waals surface area contributed by atoms with Crippen molar-refractivity contribution in [3.63, 3.8) is 0 Å². The molecule has 0 bridgehead atoms. The number of halogens is 3. The highest BCUT2D eigenvalue weighted by atomic mass is 32.2. The molecule has 0 fully saturated rings. The first-order valence-corrected chi connectivity index (χ1v) is 6.68. The van der Waals surface area contributed by atoms with Crippen LogP contribution in [0.5, 0.6) is 0 Å². The normalized spacial score (nSPS) is 11.8. The third-order valence-electron chi connectivity index (χ3n) is 2.43. The van der Waals surface area contributed by atoms with Crippen molar-refractivity contribution in [2.24, 2.45) is 12.8 Å². The Kier molecular flexibility index (Phi) is 4.29. The van der Waals surface area contributed by atoms with Crippen LogP contribution >= 0.6 is 11.8 Å². The van der Waals surface area contributed by atoms with E-state index in [-0.39, 0.29) is 10.9 Å². The van der Waals surface area contributed by atoms with Crippen LogP contribution in [0.1, 0.15) is 5.69 Å². The largest absolute Gasteiger partial charge is 0.433 e. The third kappa shape index (κ3) is 3.28. The molecule has 2 N–H and O–H groups in total. The lowest BCUT2D eigenvalue weighted by Gasteiger charge is -2.10.